The second kappa shape index (κ2) is 8.53. The van der Waals surface area contributed by atoms with Gasteiger partial charge in [0.25, 0.3) is 0 Å². The molecule has 0 aliphatic carbocycles. The third-order valence-corrected chi connectivity index (χ3v) is 3.97. The summed E-state index contributed by atoms with van der Waals surface area (Å²) < 4.78 is 0. The minimum Gasteiger partial charge on any atom is -0.335 e. The average molecular weight is 330 g/mol. The van der Waals surface area contributed by atoms with Gasteiger partial charge in [-0.3, -0.25) is 0 Å². The highest BCUT2D eigenvalue weighted by Crippen LogP contribution is 2.18. The lowest BCUT2D eigenvalue weighted by Crippen LogP contribution is -2.36. The number of nitrogens with one attached hydrogen (secondary N) is 2. The van der Waals surface area contributed by atoms with Crippen LogP contribution in [0.3, 0.4) is 0 Å². The van der Waals surface area contributed by atoms with Crippen molar-refractivity contribution in [1.29, 1.82) is 0 Å². The zero-order valence-corrected chi connectivity index (χ0v) is 14.5. The van der Waals surface area contributed by atoms with E-state index in [2.05, 4.69) is 26.9 Å². The van der Waals surface area contributed by atoms with E-state index in [0.717, 1.165) is 29.1 Å². The number of anilines is 1. The molecule has 0 fully saturated rings. The van der Waals surface area contributed by atoms with Crippen molar-refractivity contribution in [2.24, 2.45) is 0 Å². The lowest BCUT2D eigenvalue weighted by molar-refractivity contribution is 0.249. The van der Waals surface area contributed by atoms with Crippen LogP contribution < -0.4 is 10.6 Å². The summed E-state index contributed by atoms with van der Waals surface area (Å²) >= 11 is 1.78. The van der Waals surface area contributed by atoms with Crippen LogP contribution in [0.15, 0.2) is 36.5 Å². The maximum absolute atomic E-state index is 11.9. The van der Waals surface area contributed by atoms with Gasteiger partial charge in [-0.1, -0.05) is 0 Å². The molecule has 0 aliphatic rings. The SMILES string of the molecule is CSCCC(C)NC(=O)Nc1ccc(-c2nccc(C)n2)cc1. The fourth-order valence-electron chi connectivity index (χ4n) is 2.05. The maximum atomic E-state index is 11.9. The van der Waals surface area contributed by atoms with Gasteiger partial charge in [-0.15, -0.1) is 0 Å². The standard InChI is InChI=1S/C17H22N4OS/c1-12-8-10-18-16(19-12)14-4-6-15(7-5-14)21-17(22)20-13(2)9-11-23-3/h4-8,10,13H,9,11H2,1-3H3,(H2,20,21,22). The number of aryl methyl sites for hydroxylation is 1. The van der Waals surface area contributed by atoms with E-state index in [9.17, 15) is 4.79 Å². The Morgan fingerprint density at radius 2 is 2.00 bits per heavy atom. The summed E-state index contributed by atoms with van der Waals surface area (Å²) in [6.07, 6.45) is 4.76. The van der Waals surface area contributed by atoms with Crippen molar-refractivity contribution >= 4 is 23.5 Å². The first-order valence-corrected chi connectivity index (χ1v) is 8.94. The smallest absolute Gasteiger partial charge is 0.319 e. The van der Waals surface area contributed by atoms with Crippen molar-refractivity contribution in [3.8, 4) is 11.4 Å². The number of thioether (sulfide) groups is 1. The number of carbonyl (C=O) groups is 1. The molecule has 0 spiro atoms. The largest absolute Gasteiger partial charge is 0.335 e. The highest BCUT2D eigenvalue weighted by atomic mass is 32.2. The Hall–Kier alpha value is -2.08. The van der Waals surface area contributed by atoms with Gasteiger partial charge in [-0.2, -0.15) is 11.8 Å². The second-order valence-electron chi connectivity index (χ2n) is 5.38. The van der Waals surface area contributed by atoms with E-state index in [1.807, 2.05) is 44.2 Å². The molecule has 2 amide bonds. The Bertz CT molecular complexity index is 645. The van der Waals surface area contributed by atoms with Gasteiger partial charge < -0.3 is 10.6 Å². The number of aromatic nitrogens is 2. The van der Waals surface area contributed by atoms with Crippen LogP contribution in [-0.2, 0) is 0 Å². The van der Waals surface area contributed by atoms with Gasteiger partial charge in [0.1, 0.15) is 0 Å². The lowest BCUT2D eigenvalue weighted by atomic mass is 10.2. The van der Waals surface area contributed by atoms with E-state index in [0.29, 0.717) is 5.82 Å². The molecule has 0 radical (unpaired) electrons. The molecular weight excluding hydrogens is 308 g/mol. The van der Waals surface area contributed by atoms with Crippen molar-refractivity contribution in [3.63, 3.8) is 0 Å². The van der Waals surface area contributed by atoms with Crippen LogP contribution in [0.25, 0.3) is 11.4 Å². The Balaban J connectivity index is 1.93. The third-order valence-electron chi connectivity index (χ3n) is 3.33. The lowest BCUT2D eigenvalue weighted by Gasteiger charge is -2.14. The molecule has 2 N–H and O–H groups in total. The van der Waals surface area contributed by atoms with Crippen LogP contribution in [0.2, 0.25) is 0 Å². The van der Waals surface area contributed by atoms with Crippen LogP contribution in [0.5, 0.6) is 0 Å². The first kappa shape index (κ1) is 17.3. The fourth-order valence-corrected chi connectivity index (χ4v) is 2.64. The summed E-state index contributed by atoms with van der Waals surface area (Å²) in [4.78, 5) is 20.6. The number of hydrogen-bond donors (Lipinski definition) is 2. The van der Waals surface area contributed by atoms with Crippen molar-refractivity contribution in [2.45, 2.75) is 26.3 Å². The Kier molecular flexibility index (Phi) is 6.40. The monoisotopic (exact) mass is 330 g/mol. The van der Waals surface area contributed by atoms with Gasteiger partial charge in [0.05, 0.1) is 0 Å². The normalized spacial score (nSPS) is 11.8. The molecule has 122 valence electrons. The summed E-state index contributed by atoms with van der Waals surface area (Å²) in [6, 6.07) is 9.35. The highest BCUT2D eigenvalue weighted by molar-refractivity contribution is 7.98. The molecule has 0 saturated carbocycles. The van der Waals surface area contributed by atoms with Crippen molar-refractivity contribution in [2.75, 3.05) is 17.3 Å². The predicted octanol–water partition coefficient (Wildman–Crippen LogP) is 3.72. The van der Waals surface area contributed by atoms with E-state index in [1.54, 1.807) is 18.0 Å². The van der Waals surface area contributed by atoms with Gasteiger partial charge in [-0.05, 0) is 62.6 Å². The molecule has 2 rings (SSSR count). The van der Waals surface area contributed by atoms with Gasteiger partial charge in [0.15, 0.2) is 5.82 Å². The summed E-state index contributed by atoms with van der Waals surface area (Å²) in [5, 5.41) is 5.77. The van der Waals surface area contributed by atoms with E-state index in [4.69, 9.17) is 0 Å². The molecule has 0 saturated heterocycles. The molecule has 1 aromatic heterocycles. The van der Waals surface area contributed by atoms with Gasteiger partial charge in [-0.25, -0.2) is 14.8 Å². The molecule has 5 nitrogen and oxygen atoms in total. The number of nitrogens with zero attached hydrogens (tertiary/aromatic N) is 2. The van der Waals surface area contributed by atoms with Gasteiger partial charge >= 0.3 is 6.03 Å². The molecular formula is C17H22N4OS. The third kappa shape index (κ3) is 5.56. The van der Waals surface area contributed by atoms with E-state index in [-0.39, 0.29) is 12.1 Å². The van der Waals surface area contributed by atoms with Gasteiger partial charge in [0.2, 0.25) is 0 Å². The fraction of sp³-hybridized carbons (Fsp3) is 0.353. The number of urea groups is 1. The Morgan fingerprint density at radius 1 is 1.26 bits per heavy atom. The van der Waals surface area contributed by atoms with Crippen LogP contribution in [0, 0.1) is 6.92 Å². The Morgan fingerprint density at radius 3 is 2.65 bits per heavy atom. The molecule has 6 heteroatoms. The number of carbonyl (C=O) groups excluding carboxylic acids is 1. The molecule has 2 aromatic rings. The number of amides is 2. The minimum absolute atomic E-state index is 0.155. The molecule has 1 heterocycles. The van der Waals surface area contributed by atoms with E-state index >= 15 is 0 Å². The number of benzene rings is 1. The van der Waals surface area contributed by atoms with Crippen LogP contribution in [-0.4, -0.2) is 34.0 Å². The molecule has 1 unspecified atom stereocenters. The summed E-state index contributed by atoms with van der Waals surface area (Å²) in [5.74, 6) is 1.72. The summed E-state index contributed by atoms with van der Waals surface area (Å²) in [5.41, 5.74) is 2.60. The quantitative estimate of drug-likeness (QED) is 0.847. The zero-order chi connectivity index (χ0) is 16.7. The molecule has 1 atom stereocenters. The maximum Gasteiger partial charge on any atom is 0.319 e. The zero-order valence-electron chi connectivity index (χ0n) is 13.7. The minimum atomic E-state index is -0.182. The van der Waals surface area contributed by atoms with E-state index in [1.165, 1.54) is 0 Å². The van der Waals surface area contributed by atoms with Crippen molar-refractivity contribution in [3.05, 3.63) is 42.2 Å². The number of rotatable bonds is 6. The average Bonchev–Trinajstić information content (AvgIpc) is 2.53. The first-order chi connectivity index (χ1) is 11.1. The van der Waals surface area contributed by atoms with Crippen molar-refractivity contribution < 1.29 is 4.79 Å². The highest BCUT2D eigenvalue weighted by Gasteiger charge is 2.07. The summed E-state index contributed by atoms with van der Waals surface area (Å²) in [6.45, 7) is 3.94. The molecule has 0 aliphatic heterocycles. The molecule has 0 bridgehead atoms. The summed E-state index contributed by atoms with van der Waals surface area (Å²) in [7, 11) is 0. The predicted molar refractivity (Wildman–Crippen MR) is 96.8 cm³/mol. The van der Waals surface area contributed by atoms with Crippen LogP contribution in [0.4, 0.5) is 10.5 Å². The second-order valence-corrected chi connectivity index (χ2v) is 6.37. The van der Waals surface area contributed by atoms with E-state index < -0.39 is 0 Å². The van der Waals surface area contributed by atoms with Gasteiger partial charge in [0, 0.05) is 29.2 Å². The molecule has 1 aromatic carbocycles. The van der Waals surface area contributed by atoms with Crippen LogP contribution in [0.1, 0.15) is 19.0 Å². The Labute approximate surface area is 141 Å². The first-order valence-electron chi connectivity index (χ1n) is 7.55. The van der Waals surface area contributed by atoms with Crippen LogP contribution >= 0.6 is 11.8 Å². The topological polar surface area (TPSA) is 66.9 Å². The molecule has 23 heavy (non-hydrogen) atoms. The van der Waals surface area contributed by atoms with Crippen molar-refractivity contribution in [1.82, 2.24) is 15.3 Å². The number of hydrogen-bond acceptors (Lipinski definition) is 4.